The Morgan fingerprint density at radius 3 is 1.92 bits per heavy atom. The van der Waals surface area contributed by atoms with Crippen LogP contribution in [0.25, 0.3) is 27.5 Å². The highest BCUT2D eigenvalue weighted by Crippen LogP contribution is 2.59. The maximum absolute atomic E-state index is 16.4. The van der Waals surface area contributed by atoms with Gasteiger partial charge in [0.2, 0.25) is 0 Å². The summed E-state index contributed by atoms with van der Waals surface area (Å²) in [6.07, 6.45) is 0. The van der Waals surface area contributed by atoms with Gasteiger partial charge in [0.1, 0.15) is 0 Å². The van der Waals surface area contributed by atoms with Gasteiger partial charge in [0, 0.05) is 39.0 Å². The molecule has 3 aliphatic heterocycles. The first-order valence-corrected chi connectivity index (χ1v) is 16.0. The number of aryl methyl sites for hydroxylation is 2. The lowest BCUT2D eigenvalue weighted by Crippen LogP contribution is -2.62. The molecule has 8 heteroatoms. The summed E-state index contributed by atoms with van der Waals surface area (Å²) >= 11 is 0. The number of para-hydroxylation sites is 3. The number of alkyl halides is 4. The number of nitrogens with zero attached hydrogens (tertiary/aromatic N) is 3. The van der Waals surface area contributed by atoms with Crippen molar-refractivity contribution in [2.75, 3.05) is 9.80 Å². The molecule has 4 heterocycles. The molecule has 1 aromatic heterocycles. The van der Waals surface area contributed by atoms with Crippen molar-refractivity contribution in [3.05, 3.63) is 138 Å². The third-order valence-electron chi connectivity index (χ3n) is 10.4. The number of hydrogen-bond acceptors (Lipinski definition) is 2. The quantitative estimate of drug-likeness (QED) is 0.109. The van der Waals surface area contributed by atoms with Crippen LogP contribution in [-0.4, -0.2) is 17.3 Å². The summed E-state index contributed by atoms with van der Waals surface area (Å²) in [5.41, 5.74) is 8.26. The molecule has 3 aliphatic rings. The maximum Gasteiger partial charge on any atom is 0.397 e. The monoisotopic (exact) mass is 635 g/mol. The Morgan fingerprint density at radius 1 is 0.604 bits per heavy atom. The highest BCUT2D eigenvalue weighted by Gasteiger charge is 2.70. The molecule has 0 amide bonds. The Balaban J connectivity index is 1.38. The highest BCUT2D eigenvalue weighted by atomic mass is 19.3. The maximum atomic E-state index is 16.4. The molecule has 0 fully saturated rings. The number of rotatable bonds is 3. The smallest absolute Gasteiger partial charge is 0.310 e. The molecule has 0 saturated heterocycles. The van der Waals surface area contributed by atoms with Gasteiger partial charge in [-0.05, 0) is 72.7 Å². The van der Waals surface area contributed by atoms with Gasteiger partial charge in [0.25, 0.3) is 6.71 Å². The lowest BCUT2D eigenvalue weighted by atomic mass is 9.34. The standard InChI is InChI=1S/C40H26BF4N3/c1-23-13-17-25(18-14-23)46(26-19-15-24(2)16-20-26)27-21-34-36-35(22-27)48-38-30(39(42,43)40(48,44)45)9-6-11-32(38)41(36)31-10-5-8-29-28-7-3-4-12-33(28)47(34)37(29)31/h3-22H,1-2H3. The van der Waals surface area contributed by atoms with Crippen LogP contribution in [0.5, 0.6) is 0 Å². The second-order valence-electron chi connectivity index (χ2n) is 13.1. The predicted molar refractivity (Wildman–Crippen MR) is 187 cm³/mol. The minimum absolute atomic E-state index is 0.0827. The normalized spacial score (nSPS) is 16.0. The largest absolute Gasteiger partial charge is 0.397 e. The number of halogens is 4. The van der Waals surface area contributed by atoms with Crippen LogP contribution in [0, 0.1) is 13.8 Å². The Morgan fingerprint density at radius 2 is 1.21 bits per heavy atom. The Bertz CT molecular complexity index is 2460. The average Bonchev–Trinajstić information content (AvgIpc) is 3.50. The summed E-state index contributed by atoms with van der Waals surface area (Å²) in [6, 6.07) is 33.7. The second kappa shape index (κ2) is 9.10. The zero-order valence-electron chi connectivity index (χ0n) is 26.0. The van der Waals surface area contributed by atoms with Gasteiger partial charge < -0.3 is 9.47 Å². The van der Waals surface area contributed by atoms with E-state index in [9.17, 15) is 0 Å². The number of anilines is 5. The zero-order chi connectivity index (χ0) is 32.7. The van der Waals surface area contributed by atoms with Crippen LogP contribution in [0.1, 0.15) is 16.7 Å². The molecule has 0 atom stereocenters. The topological polar surface area (TPSA) is 11.4 Å². The zero-order valence-corrected chi connectivity index (χ0v) is 26.0. The third kappa shape index (κ3) is 3.30. The van der Waals surface area contributed by atoms with Crippen molar-refractivity contribution in [2.24, 2.45) is 0 Å². The molecule has 0 aliphatic carbocycles. The van der Waals surface area contributed by atoms with Gasteiger partial charge in [0.15, 0.2) is 0 Å². The number of hydrogen-bond donors (Lipinski definition) is 0. The van der Waals surface area contributed by atoms with Crippen molar-refractivity contribution in [1.82, 2.24) is 4.57 Å². The predicted octanol–water partition coefficient (Wildman–Crippen LogP) is 8.85. The summed E-state index contributed by atoms with van der Waals surface area (Å²) < 4.78 is 66.7. The van der Waals surface area contributed by atoms with E-state index in [1.54, 1.807) is 12.1 Å². The number of benzene rings is 6. The molecule has 7 aromatic rings. The number of aromatic nitrogens is 1. The lowest BCUT2D eigenvalue weighted by Gasteiger charge is -2.41. The molecule has 0 bridgehead atoms. The highest BCUT2D eigenvalue weighted by molar-refractivity contribution is 7.00. The van der Waals surface area contributed by atoms with E-state index in [1.165, 1.54) is 6.07 Å². The van der Waals surface area contributed by atoms with E-state index < -0.39 is 24.2 Å². The van der Waals surface area contributed by atoms with Crippen molar-refractivity contribution < 1.29 is 17.6 Å². The van der Waals surface area contributed by atoms with Gasteiger partial charge in [-0.1, -0.05) is 90.0 Å². The molecule has 232 valence electrons. The van der Waals surface area contributed by atoms with Crippen molar-refractivity contribution in [3.8, 4) is 5.69 Å². The van der Waals surface area contributed by atoms with E-state index in [1.807, 2.05) is 104 Å². The van der Waals surface area contributed by atoms with Crippen LogP contribution < -0.4 is 26.2 Å². The molecule has 3 nitrogen and oxygen atoms in total. The summed E-state index contributed by atoms with van der Waals surface area (Å²) in [5, 5.41) is 2.07. The summed E-state index contributed by atoms with van der Waals surface area (Å²) in [7, 11) is 0. The first-order chi connectivity index (χ1) is 23.2. The van der Waals surface area contributed by atoms with Crippen molar-refractivity contribution in [1.29, 1.82) is 0 Å². The first-order valence-electron chi connectivity index (χ1n) is 16.0. The third-order valence-corrected chi connectivity index (χ3v) is 10.4. The van der Waals surface area contributed by atoms with Crippen molar-refractivity contribution >= 4 is 73.3 Å². The van der Waals surface area contributed by atoms with Crippen LogP contribution in [0.4, 0.5) is 46.0 Å². The fourth-order valence-electron chi connectivity index (χ4n) is 8.26. The van der Waals surface area contributed by atoms with E-state index in [2.05, 4.69) is 16.7 Å². The van der Waals surface area contributed by atoms with Gasteiger partial charge in [-0.2, -0.15) is 17.6 Å². The van der Waals surface area contributed by atoms with E-state index in [-0.39, 0.29) is 11.4 Å². The van der Waals surface area contributed by atoms with E-state index in [0.717, 1.165) is 55.8 Å². The number of fused-ring (bicyclic) bond motifs is 7. The average molecular weight is 635 g/mol. The fourth-order valence-corrected chi connectivity index (χ4v) is 8.26. The Labute approximate surface area is 274 Å². The summed E-state index contributed by atoms with van der Waals surface area (Å²) in [6.45, 7) is 3.49. The van der Waals surface area contributed by atoms with Gasteiger partial charge in [-0.15, -0.1) is 0 Å². The minimum atomic E-state index is -4.49. The van der Waals surface area contributed by atoms with Gasteiger partial charge in [0.05, 0.1) is 22.5 Å². The molecular weight excluding hydrogens is 609 g/mol. The minimum Gasteiger partial charge on any atom is -0.310 e. The van der Waals surface area contributed by atoms with E-state index >= 15 is 17.6 Å². The molecule has 48 heavy (non-hydrogen) atoms. The van der Waals surface area contributed by atoms with Crippen LogP contribution in [-0.2, 0) is 5.92 Å². The summed E-state index contributed by atoms with van der Waals surface area (Å²) in [4.78, 5) is 2.64. The Kier molecular flexibility index (Phi) is 5.23. The Hall–Kier alpha value is -5.50. The van der Waals surface area contributed by atoms with Crippen LogP contribution in [0.15, 0.2) is 121 Å². The molecule has 0 radical (unpaired) electrons. The van der Waals surface area contributed by atoms with E-state index in [0.29, 0.717) is 27.2 Å². The molecule has 0 unspecified atom stereocenters. The van der Waals surface area contributed by atoms with E-state index in [4.69, 9.17) is 0 Å². The van der Waals surface area contributed by atoms with Gasteiger partial charge in [-0.3, -0.25) is 4.90 Å². The van der Waals surface area contributed by atoms with Crippen LogP contribution in [0.2, 0.25) is 0 Å². The van der Waals surface area contributed by atoms with Crippen molar-refractivity contribution in [3.63, 3.8) is 0 Å². The van der Waals surface area contributed by atoms with Gasteiger partial charge in [-0.25, -0.2) is 0 Å². The summed E-state index contributed by atoms with van der Waals surface area (Å²) in [5.74, 6) is -4.39. The lowest BCUT2D eigenvalue weighted by molar-refractivity contribution is -0.200. The first kappa shape index (κ1) is 27.6. The fraction of sp³-hybridized carbons (Fsp3) is 0.100. The molecule has 10 rings (SSSR count). The second-order valence-corrected chi connectivity index (χ2v) is 13.1. The SMILES string of the molecule is Cc1ccc(N(c2ccc(C)cc2)c2cc3c4c(c2)-n2c5ccccc5c5cccc(c52)B4c2cccc4c2N3C(F)(F)C4(F)F)cc1. The molecule has 0 spiro atoms. The molecule has 0 saturated carbocycles. The molecule has 0 N–H and O–H groups in total. The van der Waals surface area contributed by atoms with Crippen LogP contribution in [0.3, 0.4) is 0 Å². The van der Waals surface area contributed by atoms with Gasteiger partial charge >= 0.3 is 12.0 Å². The van der Waals surface area contributed by atoms with Crippen molar-refractivity contribution in [2.45, 2.75) is 25.8 Å². The molecule has 6 aromatic carbocycles. The molecular formula is C40H26BF4N3. The van der Waals surface area contributed by atoms with Crippen LogP contribution >= 0.6 is 0 Å².